The van der Waals surface area contributed by atoms with Gasteiger partial charge in [0.25, 0.3) is 0 Å². The van der Waals surface area contributed by atoms with E-state index in [0.717, 1.165) is 0 Å². The van der Waals surface area contributed by atoms with Gasteiger partial charge in [-0.1, -0.05) is 18.2 Å². The number of aliphatic hydroxyl groups excluding tert-OH is 1. The summed E-state index contributed by atoms with van der Waals surface area (Å²) in [5, 5.41) is 18.0. The number of aliphatic hydroxyl groups is 1. The number of halogens is 1. The molecule has 5 unspecified atom stereocenters. The van der Waals surface area contributed by atoms with Crippen LogP contribution < -0.4 is 5.32 Å². The van der Waals surface area contributed by atoms with Crippen LogP contribution in [0.1, 0.15) is 11.6 Å². The summed E-state index contributed by atoms with van der Waals surface area (Å²) in [7, 11) is 0. The molecule has 2 bridgehead atoms. The van der Waals surface area contributed by atoms with Gasteiger partial charge >= 0.3 is 0 Å². The third kappa shape index (κ3) is 2.63. The van der Waals surface area contributed by atoms with Crippen LogP contribution in [0.3, 0.4) is 0 Å². The lowest BCUT2D eigenvalue weighted by Gasteiger charge is -2.38. The van der Waals surface area contributed by atoms with Crippen molar-refractivity contribution in [2.45, 2.75) is 37.1 Å². The Balaban J connectivity index is 1.52. The summed E-state index contributed by atoms with van der Waals surface area (Å²) in [6.07, 6.45) is 1.31. The standard InChI is InChI=1S/C15H17FN4O3/c16-10-4-2-1-3-9(10)5-18-12-11-6-22-15(23-11)13(14(12)21)20-8-17-7-19-20/h1-4,7-8,11-15,18,21H,5-6H2. The summed E-state index contributed by atoms with van der Waals surface area (Å²) in [5.41, 5.74) is 0.540. The molecule has 3 heterocycles. The predicted octanol–water partition coefficient (Wildman–Crippen LogP) is 0.233. The maximum absolute atomic E-state index is 13.7. The fourth-order valence-electron chi connectivity index (χ4n) is 3.18. The first kappa shape index (κ1) is 14.7. The zero-order valence-corrected chi connectivity index (χ0v) is 12.2. The van der Waals surface area contributed by atoms with Crippen LogP contribution in [0.5, 0.6) is 0 Å². The molecule has 7 nitrogen and oxygen atoms in total. The number of hydrogen-bond acceptors (Lipinski definition) is 6. The van der Waals surface area contributed by atoms with Crippen molar-refractivity contribution in [2.24, 2.45) is 0 Å². The summed E-state index contributed by atoms with van der Waals surface area (Å²) in [5.74, 6) is -0.278. The number of nitrogens with one attached hydrogen (secondary N) is 1. The van der Waals surface area contributed by atoms with E-state index in [1.165, 1.54) is 23.4 Å². The van der Waals surface area contributed by atoms with Gasteiger partial charge in [-0.05, 0) is 6.07 Å². The Hall–Kier alpha value is -1.87. The molecule has 2 fully saturated rings. The Kier molecular flexibility index (Phi) is 3.82. The zero-order chi connectivity index (χ0) is 15.8. The van der Waals surface area contributed by atoms with E-state index in [0.29, 0.717) is 18.7 Å². The molecule has 0 saturated carbocycles. The summed E-state index contributed by atoms with van der Waals surface area (Å²) in [4.78, 5) is 3.90. The highest BCUT2D eigenvalue weighted by atomic mass is 19.1. The quantitative estimate of drug-likeness (QED) is 0.839. The minimum Gasteiger partial charge on any atom is -0.389 e. The van der Waals surface area contributed by atoms with Gasteiger partial charge in [0.05, 0.1) is 18.8 Å². The number of benzene rings is 1. The van der Waals surface area contributed by atoms with Crippen LogP contribution in [0.2, 0.25) is 0 Å². The molecule has 8 heteroatoms. The number of nitrogens with zero attached hydrogens (tertiary/aromatic N) is 3. The molecule has 4 rings (SSSR count). The van der Waals surface area contributed by atoms with Crippen LogP contribution in [0.15, 0.2) is 36.9 Å². The highest BCUT2D eigenvalue weighted by Crippen LogP contribution is 2.35. The van der Waals surface area contributed by atoms with Gasteiger partial charge in [-0.2, -0.15) is 5.10 Å². The molecule has 5 atom stereocenters. The summed E-state index contributed by atoms with van der Waals surface area (Å²) in [6, 6.07) is 5.67. The van der Waals surface area contributed by atoms with Gasteiger partial charge < -0.3 is 19.9 Å². The highest BCUT2D eigenvalue weighted by molar-refractivity contribution is 5.17. The fraction of sp³-hybridized carbons (Fsp3) is 0.467. The van der Waals surface area contributed by atoms with Gasteiger partial charge in [0.2, 0.25) is 0 Å². The summed E-state index contributed by atoms with van der Waals surface area (Å²) < 4.78 is 26.7. The average molecular weight is 320 g/mol. The largest absolute Gasteiger partial charge is 0.389 e. The van der Waals surface area contributed by atoms with E-state index >= 15 is 0 Å². The molecule has 122 valence electrons. The maximum Gasteiger partial charge on any atom is 0.183 e. The van der Waals surface area contributed by atoms with E-state index < -0.39 is 18.4 Å². The van der Waals surface area contributed by atoms with E-state index in [4.69, 9.17) is 9.47 Å². The van der Waals surface area contributed by atoms with Gasteiger partial charge in [-0.25, -0.2) is 14.1 Å². The number of ether oxygens (including phenoxy) is 2. The molecule has 2 aromatic rings. The molecule has 1 aromatic carbocycles. The predicted molar refractivity (Wildman–Crippen MR) is 76.7 cm³/mol. The maximum atomic E-state index is 13.7. The van der Waals surface area contributed by atoms with Crippen molar-refractivity contribution in [3.63, 3.8) is 0 Å². The Morgan fingerprint density at radius 2 is 2.26 bits per heavy atom. The van der Waals surface area contributed by atoms with Crippen molar-refractivity contribution >= 4 is 0 Å². The lowest BCUT2D eigenvalue weighted by Crippen LogP contribution is -2.57. The smallest absolute Gasteiger partial charge is 0.183 e. The Labute approximate surface area is 132 Å². The van der Waals surface area contributed by atoms with Crippen molar-refractivity contribution in [1.29, 1.82) is 0 Å². The summed E-state index contributed by atoms with van der Waals surface area (Å²) in [6.45, 7) is 0.671. The Bertz CT molecular complexity index is 669. The Morgan fingerprint density at radius 1 is 1.39 bits per heavy atom. The van der Waals surface area contributed by atoms with Gasteiger partial charge in [0.1, 0.15) is 30.6 Å². The van der Waals surface area contributed by atoms with Crippen molar-refractivity contribution < 1.29 is 19.0 Å². The minimum absolute atomic E-state index is 0.276. The van der Waals surface area contributed by atoms with Crippen LogP contribution in [0, 0.1) is 5.82 Å². The number of aromatic nitrogens is 3. The van der Waals surface area contributed by atoms with E-state index in [2.05, 4.69) is 15.4 Å². The van der Waals surface area contributed by atoms with Gasteiger partial charge in [-0.3, -0.25) is 0 Å². The van der Waals surface area contributed by atoms with Gasteiger partial charge in [0, 0.05) is 12.1 Å². The first-order valence-electron chi connectivity index (χ1n) is 7.50. The van der Waals surface area contributed by atoms with Crippen LogP contribution in [0.25, 0.3) is 0 Å². The third-order valence-electron chi connectivity index (χ3n) is 4.36. The molecule has 23 heavy (non-hydrogen) atoms. The fourth-order valence-corrected chi connectivity index (χ4v) is 3.18. The molecule has 0 amide bonds. The first-order valence-corrected chi connectivity index (χ1v) is 7.50. The second-order valence-electron chi connectivity index (χ2n) is 5.73. The highest BCUT2D eigenvalue weighted by Gasteiger charge is 2.51. The molecule has 2 N–H and O–H groups in total. The van der Waals surface area contributed by atoms with Crippen LogP contribution >= 0.6 is 0 Å². The van der Waals surface area contributed by atoms with E-state index in [1.54, 1.807) is 18.2 Å². The van der Waals surface area contributed by atoms with Crippen molar-refractivity contribution in [2.75, 3.05) is 6.61 Å². The molecule has 0 aliphatic carbocycles. The second-order valence-corrected chi connectivity index (χ2v) is 5.73. The molecular formula is C15H17FN4O3. The number of fused-ring (bicyclic) bond motifs is 2. The van der Waals surface area contributed by atoms with Gasteiger partial charge in [0.15, 0.2) is 6.29 Å². The van der Waals surface area contributed by atoms with Crippen molar-refractivity contribution in [3.05, 3.63) is 48.3 Å². The zero-order valence-electron chi connectivity index (χ0n) is 12.2. The topological polar surface area (TPSA) is 81.4 Å². The number of rotatable bonds is 4. The molecular weight excluding hydrogens is 303 g/mol. The molecule has 2 aliphatic heterocycles. The molecule has 0 spiro atoms. The first-order chi connectivity index (χ1) is 11.2. The normalized spacial score (nSPS) is 33.0. The minimum atomic E-state index is -0.783. The van der Waals surface area contributed by atoms with Crippen molar-refractivity contribution in [3.8, 4) is 0 Å². The monoisotopic (exact) mass is 320 g/mol. The van der Waals surface area contributed by atoms with Gasteiger partial charge in [-0.15, -0.1) is 0 Å². The van der Waals surface area contributed by atoms with E-state index in [-0.39, 0.29) is 18.0 Å². The molecule has 1 aromatic heterocycles. The lowest BCUT2D eigenvalue weighted by atomic mass is 9.96. The van der Waals surface area contributed by atoms with E-state index in [9.17, 15) is 9.50 Å². The second kappa shape index (κ2) is 5.97. The van der Waals surface area contributed by atoms with Crippen LogP contribution in [-0.4, -0.2) is 51.0 Å². The van der Waals surface area contributed by atoms with E-state index in [1.807, 2.05) is 0 Å². The SMILES string of the molecule is OC1C(NCc2ccccc2F)C2COC(O2)C1n1cncn1. The average Bonchev–Trinajstić information content (AvgIpc) is 3.21. The van der Waals surface area contributed by atoms with Crippen LogP contribution in [-0.2, 0) is 16.0 Å². The van der Waals surface area contributed by atoms with Crippen molar-refractivity contribution in [1.82, 2.24) is 20.1 Å². The van der Waals surface area contributed by atoms with Crippen LogP contribution in [0.4, 0.5) is 4.39 Å². The molecule has 2 aliphatic rings. The Morgan fingerprint density at radius 3 is 3.04 bits per heavy atom. The molecule has 2 saturated heterocycles. The lowest BCUT2D eigenvalue weighted by molar-refractivity contribution is -0.168. The number of hydrogen-bond donors (Lipinski definition) is 2. The molecule has 0 radical (unpaired) electrons. The third-order valence-corrected chi connectivity index (χ3v) is 4.36. The summed E-state index contributed by atoms with van der Waals surface area (Å²) >= 11 is 0.